The third kappa shape index (κ3) is 4.73. The van der Waals surface area contributed by atoms with E-state index in [1.54, 1.807) is 13.0 Å². The van der Waals surface area contributed by atoms with Crippen molar-refractivity contribution in [2.45, 2.75) is 33.1 Å². The number of anilines is 1. The summed E-state index contributed by atoms with van der Waals surface area (Å²) in [5.41, 5.74) is 2.55. The van der Waals surface area contributed by atoms with Crippen LogP contribution in [0.5, 0.6) is 5.75 Å². The zero-order valence-corrected chi connectivity index (χ0v) is 15.9. The number of rotatable bonds is 5. The second-order valence-corrected chi connectivity index (χ2v) is 7.30. The lowest BCUT2D eigenvalue weighted by molar-refractivity contribution is -0.118. The van der Waals surface area contributed by atoms with Crippen molar-refractivity contribution in [3.8, 4) is 17.2 Å². The van der Waals surface area contributed by atoms with Crippen molar-refractivity contribution >= 4 is 11.6 Å². The zero-order chi connectivity index (χ0) is 19.4. The molecule has 6 nitrogen and oxygen atoms in total. The number of nitrogens with one attached hydrogen (secondary N) is 1. The van der Waals surface area contributed by atoms with Crippen LogP contribution in [0.1, 0.15) is 32.2 Å². The molecule has 1 heterocycles. The Kier molecular flexibility index (Phi) is 5.26. The number of hydrogen-bond donors (Lipinski definition) is 1. The van der Waals surface area contributed by atoms with Gasteiger partial charge in [0.1, 0.15) is 5.75 Å². The first-order valence-electron chi connectivity index (χ1n) is 8.76. The van der Waals surface area contributed by atoms with Crippen LogP contribution in [-0.4, -0.2) is 22.7 Å². The van der Waals surface area contributed by atoms with Crippen molar-refractivity contribution in [3.05, 3.63) is 59.9 Å². The van der Waals surface area contributed by atoms with E-state index in [1.165, 1.54) is 5.56 Å². The monoisotopic (exact) mass is 365 g/mol. The molecule has 3 aromatic rings. The number of benzene rings is 2. The van der Waals surface area contributed by atoms with Gasteiger partial charge in [0.2, 0.25) is 0 Å². The Morgan fingerprint density at radius 1 is 1.11 bits per heavy atom. The second-order valence-electron chi connectivity index (χ2n) is 7.30. The molecule has 6 heteroatoms. The van der Waals surface area contributed by atoms with E-state index >= 15 is 0 Å². The van der Waals surface area contributed by atoms with Crippen LogP contribution in [0.3, 0.4) is 0 Å². The second kappa shape index (κ2) is 7.61. The van der Waals surface area contributed by atoms with Crippen LogP contribution in [0.2, 0.25) is 0 Å². The molecule has 1 amide bonds. The first-order chi connectivity index (χ1) is 12.8. The number of amides is 1. The van der Waals surface area contributed by atoms with Gasteiger partial charge < -0.3 is 14.6 Å². The van der Waals surface area contributed by atoms with E-state index in [4.69, 9.17) is 9.26 Å². The summed E-state index contributed by atoms with van der Waals surface area (Å²) in [5, 5.41) is 6.62. The van der Waals surface area contributed by atoms with Gasteiger partial charge in [-0.15, -0.1) is 0 Å². The molecule has 0 atom stereocenters. The molecule has 2 aromatic carbocycles. The Balaban J connectivity index is 1.63. The fraction of sp³-hybridized carbons (Fsp3) is 0.286. The number of ether oxygens (including phenoxy) is 1. The summed E-state index contributed by atoms with van der Waals surface area (Å²) in [6.07, 6.45) is 0. The molecule has 140 valence electrons. The van der Waals surface area contributed by atoms with Gasteiger partial charge in [0, 0.05) is 0 Å². The van der Waals surface area contributed by atoms with E-state index in [2.05, 4.69) is 36.2 Å². The van der Waals surface area contributed by atoms with Crippen molar-refractivity contribution in [3.63, 3.8) is 0 Å². The number of para-hydroxylation sites is 1. The SMILES string of the molecule is Cc1noc(-c2ccccc2NC(=O)COc2ccc(C(C)(C)C)cc2)n1. The number of nitrogens with zero attached hydrogens (tertiary/aromatic N) is 2. The summed E-state index contributed by atoms with van der Waals surface area (Å²) < 4.78 is 10.8. The third-order valence-electron chi connectivity index (χ3n) is 4.05. The topological polar surface area (TPSA) is 77.2 Å². The molecule has 27 heavy (non-hydrogen) atoms. The fourth-order valence-electron chi connectivity index (χ4n) is 2.57. The van der Waals surface area contributed by atoms with Crippen LogP contribution in [0.15, 0.2) is 53.1 Å². The molecule has 1 N–H and O–H groups in total. The molecule has 0 aliphatic rings. The van der Waals surface area contributed by atoms with Crippen LogP contribution in [0, 0.1) is 6.92 Å². The molecule has 0 spiro atoms. The van der Waals surface area contributed by atoms with Crippen LogP contribution in [0.25, 0.3) is 11.5 Å². The molecule has 0 aliphatic heterocycles. The third-order valence-corrected chi connectivity index (χ3v) is 4.05. The number of aromatic nitrogens is 2. The first kappa shape index (κ1) is 18.6. The van der Waals surface area contributed by atoms with Gasteiger partial charge >= 0.3 is 0 Å². The van der Waals surface area contributed by atoms with Crippen molar-refractivity contribution in [1.82, 2.24) is 10.1 Å². The predicted octanol–water partition coefficient (Wildman–Crippen LogP) is 4.36. The Morgan fingerprint density at radius 2 is 1.81 bits per heavy atom. The van der Waals surface area contributed by atoms with E-state index in [-0.39, 0.29) is 17.9 Å². The van der Waals surface area contributed by atoms with Gasteiger partial charge in [0.05, 0.1) is 11.3 Å². The molecule has 0 saturated heterocycles. The lowest BCUT2D eigenvalue weighted by Gasteiger charge is -2.19. The zero-order valence-electron chi connectivity index (χ0n) is 15.9. The van der Waals surface area contributed by atoms with Crippen molar-refractivity contribution in [2.24, 2.45) is 0 Å². The Bertz CT molecular complexity index is 924. The highest BCUT2D eigenvalue weighted by Gasteiger charge is 2.15. The van der Waals surface area contributed by atoms with E-state index in [9.17, 15) is 4.79 Å². The summed E-state index contributed by atoms with van der Waals surface area (Å²) in [4.78, 5) is 16.5. The van der Waals surface area contributed by atoms with Gasteiger partial charge in [0.15, 0.2) is 12.4 Å². The van der Waals surface area contributed by atoms with Crippen molar-refractivity contribution in [2.75, 3.05) is 11.9 Å². The molecule has 0 radical (unpaired) electrons. The maximum absolute atomic E-state index is 12.3. The van der Waals surface area contributed by atoms with E-state index in [0.29, 0.717) is 28.7 Å². The maximum Gasteiger partial charge on any atom is 0.262 e. The highest BCUT2D eigenvalue weighted by molar-refractivity contribution is 5.95. The number of aryl methyl sites for hydroxylation is 1. The average molecular weight is 365 g/mol. The van der Waals surface area contributed by atoms with Crippen molar-refractivity contribution in [1.29, 1.82) is 0 Å². The van der Waals surface area contributed by atoms with Gasteiger partial charge in [-0.05, 0) is 42.2 Å². The molecular formula is C21H23N3O3. The highest BCUT2D eigenvalue weighted by Crippen LogP contribution is 2.27. The summed E-state index contributed by atoms with van der Waals surface area (Å²) in [6.45, 7) is 8.11. The number of hydrogen-bond acceptors (Lipinski definition) is 5. The molecule has 0 fully saturated rings. The largest absolute Gasteiger partial charge is 0.484 e. The van der Waals surface area contributed by atoms with Crippen LogP contribution in [-0.2, 0) is 10.2 Å². The quantitative estimate of drug-likeness (QED) is 0.727. The number of carbonyl (C=O) groups is 1. The summed E-state index contributed by atoms with van der Waals surface area (Å²) in [6, 6.07) is 15.1. The first-order valence-corrected chi connectivity index (χ1v) is 8.76. The molecule has 0 unspecified atom stereocenters. The normalized spacial score (nSPS) is 11.3. The highest BCUT2D eigenvalue weighted by atomic mass is 16.5. The van der Waals surface area contributed by atoms with E-state index < -0.39 is 0 Å². The van der Waals surface area contributed by atoms with Gasteiger partial charge in [-0.25, -0.2) is 0 Å². The lowest BCUT2D eigenvalue weighted by atomic mass is 9.87. The van der Waals surface area contributed by atoms with Gasteiger partial charge in [-0.1, -0.05) is 50.2 Å². The molecule has 3 rings (SSSR count). The van der Waals surface area contributed by atoms with Gasteiger partial charge in [0.25, 0.3) is 11.8 Å². The summed E-state index contributed by atoms with van der Waals surface area (Å²) >= 11 is 0. The van der Waals surface area contributed by atoms with Crippen molar-refractivity contribution < 1.29 is 14.1 Å². The standard InChI is InChI=1S/C21H23N3O3/c1-14-22-20(27-24-14)17-7-5-6-8-18(17)23-19(25)13-26-16-11-9-15(10-12-16)21(2,3)4/h5-12H,13H2,1-4H3,(H,23,25). The lowest BCUT2D eigenvalue weighted by Crippen LogP contribution is -2.20. The van der Waals surface area contributed by atoms with Crippen LogP contribution in [0.4, 0.5) is 5.69 Å². The van der Waals surface area contributed by atoms with E-state index in [0.717, 1.165) is 0 Å². The minimum atomic E-state index is -0.265. The van der Waals surface area contributed by atoms with Gasteiger partial charge in [-0.2, -0.15) is 4.98 Å². The molecule has 1 aromatic heterocycles. The fourth-order valence-corrected chi connectivity index (χ4v) is 2.57. The Hall–Kier alpha value is -3.15. The molecule has 0 bridgehead atoms. The van der Waals surface area contributed by atoms with Crippen LogP contribution < -0.4 is 10.1 Å². The molecule has 0 saturated carbocycles. The Morgan fingerprint density at radius 3 is 2.44 bits per heavy atom. The average Bonchev–Trinajstić information content (AvgIpc) is 3.06. The van der Waals surface area contributed by atoms with E-state index in [1.807, 2.05) is 42.5 Å². The Labute approximate surface area is 158 Å². The van der Waals surface area contributed by atoms with Crippen LogP contribution >= 0.6 is 0 Å². The maximum atomic E-state index is 12.3. The molecular weight excluding hydrogens is 342 g/mol. The minimum absolute atomic E-state index is 0.0761. The smallest absolute Gasteiger partial charge is 0.262 e. The minimum Gasteiger partial charge on any atom is -0.484 e. The molecule has 0 aliphatic carbocycles. The van der Waals surface area contributed by atoms with Gasteiger partial charge in [-0.3, -0.25) is 4.79 Å². The summed E-state index contributed by atoms with van der Waals surface area (Å²) in [7, 11) is 0. The number of carbonyl (C=O) groups excluding carboxylic acids is 1. The predicted molar refractivity (Wildman–Crippen MR) is 104 cm³/mol. The summed E-state index contributed by atoms with van der Waals surface area (Å²) in [5.74, 6) is 1.29.